The first-order valence-electron chi connectivity index (χ1n) is 8.34. The Morgan fingerprint density at radius 2 is 1.92 bits per heavy atom. The van der Waals surface area contributed by atoms with Crippen LogP contribution in [0.5, 0.6) is 0 Å². The largest absolute Gasteiger partial charge is 0.440 e. The van der Waals surface area contributed by atoms with Crippen molar-refractivity contribution in [3.63, 3.8) is 0 Å². The van der Waals surface area contributed by atoms with E-state index in [1.54, 1.807) is 0 Å². The second kappa shape index (κ2) is 6.69. The summed E-state index contributed by atoms with van der Waals surface area (Å²) in [5.74, 6) is 0.548. The number of nitrogens with two attached hydrogens (primary N) is 1. The molecule has 0 radical (unpaired) electrons. The van der Waals surface area contributed by atoms with Gasteiger partial charge in [0.25, 0.3) is 0 Å². The van der Waals surface area contributed by atoms with Crippen LogP contribution in [0.3, 0.4) is 0 Å². The summed E-state index contributed by atoms with van der Waals surface area (Å²) in [5, 5.41) is 2.88. The standard InChI is InChI=1S/C20H23N3O2/c1-20(2,3)19-23-16-11-14(9-10-17(16)25-19)22-18(24)12-15(21)13-7-5-4-6-8-13/h4-11,15H,12,21H2,1-3H3,(H,22,24). The van der Waals surface area contributed by atoms with E-state index in [4.69, 9.17) is 10.2 Å². The molecule has 1 atom stereocenters. The van der Waals surface area contributed by atoms with Crippen molar-refractivity contribution in [1.29, 1.82) is 0 Å². The lowest BCUT2D eigenvalue weighted by atomic mass is 9.97. The third kappa shape index (κ3) is 4.06. The highest BCUT2D eigenvalue weighted by Crippen LogP contribution is 2.27. The number of rotatable bonds is 4. The van der Waals surface area contributed by atoms with Crippen LogP contribution in [0, 0.1) is 0 Å². The molecule has 1 heterocycles. The number of nitrogens with zero attached hydrogens (tertiary/aromatic N) is 1. The van der Waals surface area contributed by atoms with Crippen LogP contribution in [0.1, 0.15) is 44.7 Å². The zero-order valence-electron chi connectivity index (χ0n) is 14.7. The first-order chi connectivity index (χ1) is 11.8. The molecule has 1 unspecified atom stereocenters. The third-order valence-corrected chi connectivity index (χ3v) is 3.95. The van der Waals surface area contributed by atoms with Crippen LogP contribution in [0.4, 0.5) is 5.69 Å². The fraction of sp³-hybridized carbons (Fsp3) is 0.300. The number of anilines is 1. The SMILES string of the molecule is CC(C)(C)c1nc2cc(NC(=O)CC(N)c3ccccc3)ccc2o1. The van der Waals surface area contributed by atoms with Gasteiger partial charge in [-0.25, -0.2) is 4.98 Å². The number of fused-ring (bicyclic) bond motifs is 1. The minimum absolute atomic E-state index is 0.129. The van der Waals surface area contributed by atoms with Gasteiger partial charge in [-0.3, -0.25) is 4.79 Å². The Bertz CT molecular complexity index is 879. The summed E-state index contributed by atoms with van der Waals surface area (Å²) in [6, 6.07) is 14.7. The van der Waals surface area contributed by atoms with E-state index < -0.39 is 0 Å². The Kier molecular flexibility index (Phi) is 4.59. The zero-order chi connectivity index (χ0) is 18.0. The normalized spacial score (nSPS) is 13.0. The molecule has 0 bridgehead atoms. The van der Waals surface area contributed by atoms with Gasteiger partial charge >= 0.3 is 0 Å². The van der Waals surface area contributed by atoms with E-state index in [0.717, 1.165) is 11.1 Å². The zero-order valence-corrected chi connectivity index (χ0v) is 14.7. The highest BCUT2D eigenvalue weighted by atomic mass is 16.3. The molecule has 25 heavy (non-hydrogen) atoms. The summed E-state index contributed by atoms with van der Waals surface area (Å²) in [4.78, 5) is 16.8. The van der Waals surface area contributed by atoms with Gasteiger partial charge in [-0.15, -0.1) is 0 Å². The summed E-state index contributed by atoms with van der Waals surface area (Å²) in [6.07, 6.45) is 0.216. The average molecular weight is 337 g/mol. The molecule has 0 fully saturated rings. The number of benzene rings is 2. The Labute approximate surface area is 147 Å². The van der Waals surface area contributed by atoms with E-state index in [1.807, 2.05) is 69.3 Å². The quantitative estimate of drug-likeness (QED) is 0.749. The van der Waals surface area contributed by atoms with E-state index in [9.17, 15) is 4.79 Å². The van der Waals surface area contributed by atoms with Crippen molar-refractivity contribution in [1.82, 2.24) is 4.98 Å². The average Bonchev–Trinajstić information content (AvgIpc) is 2.99. The van der Waals surface area contributed by atoms with Gasteiger partial charge in [0.2, 0.25) is 11.8 Å². The molecular formula is C20H23N3O2. The first kappa shape index (κ1) is 17.2. The molecule has 0 aliphatic carbocycles. The molecular weight excluding hydrogens is 314 g/mol. The maximum Gasteiger partial charge on any atom is 0.226 e. The highest BCUT2D eigenvalue weighted by molar-refractivity contribution is 5.93. The summed E-state index contributed by atoms with van der Waals surface area (Å²) < 4.78 is 5.77. The fourth-order valence-electron chi connectivity index (χ4n) is 2.56. The molecule has 0 spiro atoms. The number of carbonyl (C=O) groups is 1. The Morgan fingerprint density at radius 1 is 1.20 bits per heavy atom. The number of carbonyl (C=O) groups excluding carboxylic acids is 1. The van der Waals surface area contributed by atoms with E-state index in [2.05, 4.69) is 10.3 Å². The van der Waals surface area contributed by atoms with Crippen LogP contribution >= 0.6 is 0 Å². The molecule has 130 valence electrons. The number of hydrogen-bond acceptors (Lipinski definition) is 4. The van der Waals surface area contributed by atoms with Crippen molar-refractivity contribution in [2.75, 3.05) is 5.32 Å². The number of aromatic nitrogens is 1. The Balaban J connectivity index is 1.71. The second-order valence-electron chi connectivity index (χ2n) is 7.22. The summed E-state index contributed by atoms with van der Waals surface area (Å²) in [5.41, 5.74) is 9.02. The summed E-state index contributed by atoms with van der Waals surface area (Å²) >= 11 is 0. The maximum absolute atomic E-state index is 12.3. The van der Waals surface area contributed by atoms with E-state index in [0.29, 0.717) is 17.2 Å². The van der Waals surface area contributed by atoms with Crippen molar-refractivity contribution in [3.05, 3.63) is 60.0 Å². The number of amides is 1. The lowest BCUT2D eigenvalue weighted by molar-refractivity contribution is -0.116. The first-order valence-corrected chi connectivity index (χ1v) is 8.34. The van der Waals surface area contributed by atoms with Crippen LogP contribution in [-0.4, -0.2) is 10.9 Å². The predicted octanol–water partition coefficient (Wildman–Crippen LogP) is 4.15. The highest BCUT2D eigenvalue weighted by Gasteiger charge is 2.21. The van der Waals surface area contributed by atoms with Gasteiger partial charge < -0.3 is 15.5 Å². The van der Waals surface area contributed by atoms with Crippen LogP contribution in [-0.2, 0) is 10.2 Å². The van der Waals surface area contributed by atoms with Crippen molar-refractivity contribution in [3.8, 4) is 0 Å². The van der Waals surface area contributed by atoms with Crippen LogP contribution in [0.2, 0.25) is 0 Å². The van der Waals surface area contributed by atoms with Crippen LogP contribution < -0.4 is 11.1 Å². The molecule has 3 N–H and O–H groups in total. The topological polar surface area (TPSA) is 81.2 Å². The summed E-state index contributed by atoms with van der Waals surface area (Å²) in [7, 11) is 0. The lowest BCUT2D eigenvalue weighted by Crippen LogP contribution is -2.20. The molecule has 1 amide bonds. The fourth-order valence-corrected chi connectivity index (χ4v) is 2.56. The van der Waals surface area contributed by atoms with Crippen LogP contribution in [0.15, 0.2) is 52.9 Å². The van der Waals surface area contributed by atoms with Crippen LogP contribution in [0.25, 0.3) is 11.1 Å². The monoisotopic (exact) mass is 337 g/mol. The predicted molar refractivity (Wildman–Crippen MR) is 99.3 cm³/mol. The van der Waals surface area contributed by atoms with Crippen molar-refractivity contribution in [2.45, 2.75) is 38.6 Å². The summed E-state index contributed by atoms with van der Waals surface area (Å²) in [6.45, 7) is 6.14. The van der Waals surface area contributed by atoms with E-state index in [1.165, 1.54) is 0 Å². The van der Waals surface area contributed by atoms with Gasteiger partial charge in [0.05, 0.1) is 0 Å². The molecule has 0 aliphatic rings. The molecule has 5 nitrogen and oxygen atoms in total. The molecule has 5 heteroatoms. The molecule has 1 aromatic heterocycles. The van der Waals surface area contributed by atoms with Crippen molar-refractivity contribution in [2.24, 2.45) is 5.73 Å². The maximum atomic E-state index is 12.3. The molecule has 0 saturated heterocycles. The minimum Gasteiger partial charge on any atom is -0.440 e. The van der Waals surface area contributed by atoms with Gasteiger partial charge in [-0.05, 0) is 23.8 Å². The van der Waals surface area contributed by atoms with Crippen molar-refractivity contribution >= 4 is 22.7 Å². The molecule has 0 aliphatic heterocycles. The molecule has 0 saturated carbocycles. The second-order valence-corrected chi connectivity index (χ2v) is 7.22. The molecule has 3 rings (SSSR count). The van der Waals surface area contributed by atoms with Gasteiger partial charge in [0.1, 0.15) is 5.52 Å². The minimum atomic E-state index is -0.329. The van der Waals surface area contributed by atoms with Gasteiger partial charge in [0, 0.05) is 23.6 Å². The number of oxazole rings is 1. The molecule has 2 aromatic carbocycles. The van der Waals surface area contributed by atoms with Crippen molar-refractivity contribution < 1.29 is 9.21 Å². The van der Waals surface area contributed by atoms with Gasteiger partial charge in [0.15, 0.2) is 5.58 Å². The van der Waals surface area contributed by atoms with E-state index in [-0.39, 0.29) is 23.8 Å². The number of hydrogen-bond donors (Lipinski definition) is 2. The smallest absolute Gasteiger partial charge is 0.226 e. The van der Waals surface area contributed by atoms with E-state index >= 15 is 0 Å². The van der Waals surface area contributed by atoms with Gasteiger partial charge in [-0.2, -0.15) is 0 Å². The lowest BCUT2D eigenvalue weighted by Gasteiger charge is -2.12. The van der Waals surface area contributed by atoms with Gasteiger partial charge in [-0.1, -0.05) is 51.1 Å². The Hall–Kier alpha value is -2.66. The molecule has 3 aromatic rings. The third-order valence-electron chi connectivity index (χ3n) is 3.95. The number of nitrogens with one attached hydrogen (secondary N) is 1. The Morgan fingerprint density at radius 3 is 2.60 bits per heavy atom.